The highest BCUT2D eigenvalue weighted by molar-refractivity contribution is 6.04. The van der Waals surface area contributed by atoms with Gasteiger partial charge in [0.1, 0.15) is 0 Å². The van der Waals surface area contributed by atoms with Crippen LogP contribution in [0.25, 0.3) is 0 Å². The molecule has 0 saturated heterocycles. The van der Waals surface area contributed by atoms with E-state index in [9.17, 15) is 14.4 Å². The zero-order valence-electron chi connectivity index (χ0n) is 7.71. The Balaban J connectivity index is 3.38. The molecule has 0 heterocycles. The number of aromatic carboxylic acids is 2. The predicted molar refractivity (Wildman–Crippen MR) is 48.4 cm³/mol. The van der Waals surface area contributed by atoms with E-state index >= 15 is 0 Å². The Morgan fingerprint density at radius 3 is 2.06 bits per heavy atom. The minimum Gasteiger partial charge on any atom is -0.478 e. The summed E-state index contributed by atoms with van der Waals surface area (Å²) in [4.78, 5) is 35.6. The summed E-state index contributed by atoms with van der Waals surface area (Å²) in [7, 11) is 0. The minimum atomic E-state index is -1.43. The molecule has 1 rings (SSSR count). The van der Waals surface area contributed by atoms with Crippen molar-refractivity contribution in [1.82, 2.24) is 0 Å². The van der Waals surface area contributed by atoms with E-state index in [-0.39, 0.29) is 5.56 Å². The molecule has 0 aliphatic carbocycles. The predicted octanol–water partition coefficient (Wildman–Crippen LogP) is 0.713. The summed E-state index contributed by atoms with van der Waals surface area (Å²) in [5.74, 6) is -4.10. The number of hydrogen-bond acceptors (Lipinski definition) is 5. The maximum Gasteiger partial charge on any atom is 0.373 e. The largest absolute Gasteiger partial charge is 0.478 e. The fraction of sp³-hybridized carbons (Fsp3) is 0. The number of carboxylic acids is 2. The molecule has 1 aromatic rings. The van der Waals surface area contributed by atoms with Gasteiger partial charge in [-0.25, -0.2) is 14.4 Å². The van der Waals surface area contributed by atoms with E-state index in [1.165, 1.54) is 0 Å². The van der Waals surface area contributed by atoms with Gasteiger partial charge in [0, 0.05) is 0 Å². The van der Waals surface area contributed by atoms with Crippen LogP contribution in [0.2, 0.25) is 0 Å². The van der Waals surface area contributed by atoms with Gasteiger partial charge in [0.2, 0.25) is 0 Å². The topological polar surface area (TPSA) is 121 Å². The summed E-state index contributed by atoms with van der Waals surface area (Å²) in [6.07, 6.45) is 0. The lowest BCUT2D eigenvalue weighted by Crippen LogP contribution is -2.12. The minimum absolute atomic E-state index is 0.287. The van der Waals surface area contributed by atoms with Gasteiger partial charge in [-0.05, 0) is 18.2 Å². The summed E-state index contributed by atoms with van der Waals surface area (Å²) in [6, 6.07) is 2.78. The zero-order valence-corrected chi connectivity index (χ0v) is 7.71. The molecular weight excluding hydrogens is 220 g/mol. The van der Waals surface area contributed by atoms with Gasteiger partial charge in [0.25, 0.3) is 0 Å². The summed E-state index contributed by atoms with van der Waals surface area (Å²) >= 11 is 0. The fourth-order valence-electron chi connectivity index (χ4n) is 1.08. The van der Waals surface area contributed by atoms with Gasteiger partial charge in [-0.3, -0.25) is 4.89 Å². The molecule has 0 radical (unpaired) electrons. The van der Waals surface area contributed by atoms with Gasteiger partial charge < -0.3 is 10.2 Å². The highest BCUT2D eigenvalue weighted by atomic mass is 17.1. The van der Waals surface area contributed by atoms with Crippen LogP contribution >= 0.6 is 0 Å². The average Bonchev–Trinajstić information content (AvgIpc) is 2.26. The molecule has 0 amide bonds. The van der Waals surface area contributed by atoms with Crippen LogP contribution in [-0.2, 0) is 4.89 Å². The third kappa shape index (κ3) is 2.15. The van der Waals surface area contributed by atoms with Crippen LogP contribution in [-0.4, -0.2) is 33.4 Å². The number of benzene rings is 1. The summed E-state index contributed by atoms with van der Waals surface area (Å²) in [5, 5.41) is 25.5. The molecule has 0 unspecified atom stereocenters. The monoisotopic (exact) mass is 226 g/mol. The second-order valence-electron chi connectivity index (χ2n) is 2.75. The molecule has 0 atom stereocenters. The van der Waals surface area contributed by atoms with Gasteiger partial charge in [0.05, 0.1) is 16.7 Å². The maximum absolute atomic E-state index is 11.0. The second-order valence-corrected chi connectivity index (χ2v) is 2.75. The molecule has 0 aliphatic heterocycles. The molecule has 1 aromatic carbocycles. The lowest BCUT2D eigenvalue weighted by atomic mass is 10.0. The van der Waals surface area contributed by atoms with Gasteiger partial charge in [-0.15, -0.1) is 0 Å². The molecule has 0 aromatic heterocycles. The smallest absolute Gasteiger partial charge is 0.373 e. The Morgan fingerprint density at radius 2 is 1.62 bits per heavy atom. The van der Waals surface area contributed by atoms with Crippen molar-refractivity contribution in [2.75, 3.05) is 0 Å². The van der Waals surface area contributed by atoms with Crippen LogP contribution in [0.4, 0.5) is 0 Å². The lowest BCUT2D eigenvalue weighted by molar-refractivity contribution is -0.182. The summed E-state index contributed by atoms with van der Waals surface area (Å²) in [6.45, 7) is 0. The number of carbonyl (C=O) groups excluding carboxylic acids is 1. The van der Waals surface area contributed by atoms with Gasteiger partial charge in [-0.2, -0.15) is 5.26 Å². The fourth-order valence-corrected chi connectivity index (χ4v) is 1.08. The van der Waals surface area contributed by atoms with E-state index in [1.807, 2.05) is 0 Å². The first-order chi connectivity index (χ1) is 7.47. The van der Waals surface area contributed by atoms with E-state index in [4.69, 9.17) is 15.5 Å². The molecule has 3 N–H and O–H groups in total. The Labute approximate surface area is 88.4 Å². The van der Waals surface area contributed by atoms with E-state index < -0.39 is 29.0 Å². The van der Waals surface area contributed by atoms with Crippen molar-refractivity contribution in [2.45, 2.75) is 0 Å². The number of hydrogen-bond donors (Lipinski definition) is 3. The standard InChI is InChI=1S/C9H6O7/c10-7(11)4-1-2-5(8(12)13)6(3-4)9(14)16-15/h1-3,15H,(H,10,11)(H,12,13). The molecular formula is C9H6O7. The number of carbonyl (C=O) groups is 3. The lowest BCUT2D eigenvalue weighted by Gasteiger charge is -2.03. The molecule has 0 spiro atoms. The number of carboxylic acid groups (broad SMARTS) is 2. The molecule has 7 heteroatoms. The molecule has 0 fully saturated rings. The van der Waals surface area contributed by atoms with E-state index in [2.05, 4.69) is 4.89 Å². The maximum atomic E-state index is 11.0. The third-order valence-electron chi connectivity index (χ3n) is 1.80. The highest BCUT2D eigenvalue weighted by Gasteiger charge is 2.20. The first-order valence-corrected chi connectivity index (χ1v) is 3.93. The van der Waals surface area contributed by atoms with Gasteiger partial charge in [-0.1, -0.05) is 0 Å². The molecule has 0 saturated carbocycles. The summed E-state index contributed by atoms with van der Waals surface area (Å²) < 4.78 is 0. The van der Waals surface area contributed by atoms with Crippen molar-refractivity contribution >= 4 is 17.9 Å². The van der Waals surface area contributed by atoms with Crippen LogP contribution < -0.4 is 0 Å². The van der Waals surface area contributed by atoms with Crippen LogP contribution in [0, 0.1) is 0 Å². The van der Waals surface area contributed by atoms with Crippen molar-refractivity contribution in [3.05, 3.63) is 34.9 Å². The van der Waals surface area contributed by atoms with Gasteiger partial charge in [0.15, 0.2) is 0 Å². The first-order valence-electron chi connectivity index (χ1n) is 3.93. The van der Waals surface area contributed by atoms with Gasteiger partial charge >= 0.3 is 17.9 Å². The molecule has 0 aliphatic rings. The van der Waals surface area contributed by atoms with Crippen LogP contribution in [0.3, 0.4) is 0 Å². The molecule has 16 heavy (non-hydrogen) atoms. The molecule has 7 nitrogen and oxygen atoms in total. The Morgan fingerprint density at radius 1 is 1.00 bits per heavy atom. The van der Waals surface area contributed by atoms with Crippen molar-refractivity contribution < 1.29 is 34.7 Å². The third-order valence-corrected chi connectivity index (χ3v) is 1.80. The SMILES string of the molecule is O=C(O)c1ccc(C(=O)O)c(C(=O)OO)c1. The van der Waals surface area contributed by atoms with Crippen LogP contribution in [0.5, 0.6) is 0 Å². The second kappa shape index (κ2) is 4.41. The Hall–Kier alpha value is -2.41. The molecule has 84 valence electrons. The van der Waals surface area contributed by atoms with Crippen molar-refractivity contribution in [1.29, 1.82) is 0 Å². The highest BCUT2D eigenvalue weighted by Crippen LogP contribution is 2.13. The molecule has 0 bridgehead atoms. The van der Waals surface area contributed by atoms with Crippen LogP contribution in [0.1, 0.15) is 31.1 Å². The summed E-state index contributed by atoms with van der Waals surface area (Å²) in [5.41, 5.74) is -1.27. The van der Waals surface area contributed by atoms with Crippen molar-refractivity contribution in [3.63, 3.8) is 0 Å². The van der Waals surface area contributed by atoms with Crippen molar-refractivity contribution in [3.8, 4) is 0 Å². The number of rotatable bonds is 3. The first kappa shape index (κ1) is 11.7. The average molecular weight is 226 g/mol. The van der Waals surface area contributed by atoms with E-state index in [0.717, 1.165) is 18.2 Å². The Bertz CT molecular complexity index is 463. The quantitative estimate of drug-likeness (QED) is 0.512. The van der Waals surface area contributed by atoms with Crippen molar-refractivity contribution in [2.24, 2.45) is 0 Å². The van der Waals surface area contributed by atoms with Crippen LogP contribution in [0.15, 0.2) is 18.2 Å². The van der Waals surface area contributed by atoms with E-state index in [1.54, 1.807) is 0 Å². The zero-order chi connectivity index (χ0) is 12.3. The normalized spacial score (nSPS) is 9.56. The van der Waals surface area contributed by atoms with E-state index in [0.29, 0.717) is 0 Å². The Kier molecular flexibility index (Phi) is 3.21.